The van der Waals surface area contributed by atoms with Gasteiger partial charge in [-0.2, -0.15) is 0 Å². The second-order valence-electron chi connectivity index (χ2n) is 21.7. The van der Waals surface area contributed by atoms with Crippen LogP contribution in [0.1, 0.15) is 118 Å². The first kappa shape index (κ1) is 64.2. The molecule has 7 aromatic rings. The number of hydrogen-bond acceptors (Lipinski definition) is 12. The fourth-order valence-electron chi connectivity index (χ4n) is 10.4. The van der Waals surface area contributed by atoms with Crippen molar-refractivity contribution in [1.29, 1.82) is 0 Å². The van der Waals surface area contributed by atoms with E-state index in [2.05, 4.69) is 6.92 Å². The van der Waals surface area contributed by atoms with Crippen molar-refractivity contribution in [3.63, 3.8) is 0 Å². The molecule has 1 N–H and O–H groups in total. The largest absolute Gasteiger partial charge is 0.461 e. The van der Waals surface area contributed by atoms with E-state index in [-0.39, 0.29) is 52.0 Å². The fourth-order valence-corrected chi connectivity index (χ4v) is 11.9. The summed E-state index contributed by atoms with van der Waals surface area (Å²) in [6.45, 7) is 3.98. The van der Waals surface area contributed by atoms with Crippen LogP contribution in [-0.2, 0) is 91.3 Å². The highest BCUT2D eigenvalue weighted by atomic mass is 31.2. The average Bonchev–Trinajstić information content (AvgIpc) is 3.43. The highest BCUT2D eigenvalue weighted by Crippen LogP contribution is 2.54. The van der Waals surface area contributed by atoms with Crippen LogP contribution in [0.15, 0.2) is 206 Å². The Kier molecular flexibility index (Phi) is 26.0. The highest BCUT2D eigenvalue weighted by Gasteiger charge is 2.68. The zero-order valence-electron chi connectivity index (χ0n) is 49.1. The van der Waals surface area contributed by atoms with Crippen molar-refractivity contribution < 1.29 is 61.5 Å². The van der Waals surface area contributed by atoms with Gasteiger partial charge in [0, 0.05) is 12.8 Å². The fraction of sp³-hybridized carbons (Fsp3) is 0.380. The van der Waals surface area contributed by atoms with Crippen molar-refractivity contribution >= 4 is 19.5 Å². The number of esters is 2. The minimum absolute atomic E-state index is 0.00539. The minimum atomic E-state index is -4.81. The molecular weight excluding hydrogens is 1090 g/mol. The Morgan fingerprint density at radius 3 is 1.28 bits per heavy atom. The first-order chi connectivity index (χ1) is 41.6. The van der Waals surface area contributed by atoms with Crippen LogP contribution in [0.2, 0.25) is 0 Å². The van der Waals surface area contributed by atoms with Crippen molar-refractivity contribution in [2.24, 2.45) is 0 Å². The van der Waals surface area contributed by atoms with Crippen LogP contribution in [0.4, 0.5) is 0 Å². The third-order valence-corrected chi connectivity index (χ3v) is 16.3. The van der Waals surface area contributed by atoms with Crippen LogP contribution in [0.3, 0.4) is 0 Å². The number of unbranched alkanes of at least 4 members (excludes halogenated alkanes) is 7. The normalized spacial score (nSPS) is 19.5. The molecule has 1 fully saturated rings. The molecule has 85 heavy (non-hydrogen) atoms. The van der Waals surface area contributed by atoms with E-state index in [1.165, 1.54) is 6.42 Å². The minimum Gasteiger partial charge on any atom is -0.461 e. The lowest BCUT2D eigenvalue weighted by molar-refractivity contribution is -0.369. The molecule has 1 saturated carbocycles. The molecule has 14 heteroatoms. The van der Waals surface area contributed by atoms with Gasteiger partial charge in [-0.1, -0.05) is 241 Å². The first-order valence-electron chi connectivity index (χ1n) is 30.1. The second-order valence-corrected chi connectivity index (χ2v) is 23.6. The van der Waals surface area contributed by atoms with Gasteiger partial charge in [0.15, 0.2) is 12.2 Å². The van der Waals surface area contributed by atoms with E-state index in [9.17, 15) is 9.69 Å². The molecular formula is C71H83O13P. The summed E-state index contributed by atoms with van der Waals surface area (Å²) >= 11 is 0. The van der Waals surface area contributed by atoms with Gasteiger partial charge in [0.1, 0.15) is 35.9 Å². The molecule has 8 atom stereocenters. The van der Waals surface area contributed by atoms with E-state index in [1.807, 2.05) is 213 Å². The molecule has 0 aromatic heterocycles. The Morgan fingerprint density at radius 2 is 0.835 bits per heavy atom. The lowest BCUT2D eigenvalue weighted by atomic mass is 9.80. The third-order valence-electron chi connectivity index (χ3n) is 14.8. The summed E-state index contributed by atoms with van der Waals surface area (Å²) in [6.07, 6.45) is -0.521. The van der Waals surface area contributed by atoms with Crippen molar-refractivity contribution in [2.45, 2.75) is 166 Å². The summed E-state index contributed by atoms with van der Waals surface area (Å²) < 4.78 is 77.1. The molecule has 0 spiro atoms. The monoisotopic (exact) mass is 1170 g/mol. The molecule has 1 aliphatic carbocycles. The summed E-state index contributed by atoms with van der Waals surface area (Å²) in [5, 5.41) is 0. The lowest BCUT2D eigenvalue weighted by Crippen LogP contribution is -2.75. The van der Waals surface area contributed by atoms with Crippen LogP contribution >= 0.6 is 7.60 Å². The number of carbonyl (C=O) groups excluding carboxylic acids is 2. The summed E-state index contributed by atoms with van der Waals surface area (Å²) in [5.41, 5.74) is 4.68. The number of carbonyl (C=O) groups is 2. The molecule has 450 valence electrons. The molecule has 4 unspecified atom stereocenters. The van der Waals surface area contributed by atoms with Crippen LogP contribution < -0.4 is 4.74 Å². The molecule has 0 heterocycles. The van der Waals surface area contributed by atoms with Crippen molar-refractivity contribution in [3.05, 3.63) is 240 Å². The van der Waals surface area contributed by atoms with E-state index in [0.29, 0.717) is 30.8 Å². The first-order valence-corrected chi connectivity index (χ1v) is 31.9. The van der Waals surface area contributed by atoms with Gasteiger partial charge in [0.2, 0.25) is 0 Å². The molecule has 13 nitrogen and oxygen atoms in total. The zero-order valence-corrected chi connectivity index (χ0v) is 50.0. The van der Waals surface area contributed by atoms with Crippen molar-refractivity contribution in [3.8, 4) is 11.5 Å². The predicted octanol–water partition coefficient (Wildman–Crippen LogP) is 15.6. The molecule has 0 bridgehead atoms. The zero-order chi connectivity index (χ0) is 59.4. The Morgan fingerprint density at radius 1 is 0.447 bits per heavy atom. The number of rotatable bonds is 36. The average molecular weight is 1180 g/mol. The number of ether oxygens (including phenoxy) is 8. The SMILES string of the molecule is CCCCCCCCCC(=O)OC(CC(=O)OC1(OP(=O)(O)CCCC)[C@@H](OCc2ccccc2)[C@H](OCc2ccccc2)C(OCc2ccccc2)[C@H](OCc2ccccc2)[C@@H]1OCc1ccccc1)Cc1ccc(Oc2ccccc2)cc1. The molecule has 7 aromatic carbocycles. The summed E-state index contributed by atoms with van der Waals surface area (Å²) in [5.74, 6) is -2.77. The molecule has 8 rings (SSSR count). The quantitative estimate of drug-likeness (QED) is 0.0172. The van der Waals surface area contributed by atoms with Crippen LogP contribution in [0.5, 0.6) is 11.5 Å². The van der Waals surface area contributed by atoms with E-state index in [4.69, 9.17) is 42.4 Å². The maximum atomic E-state index is 15.7. The molecule has 0 amide bonds. The maximum absolute atomic E-state index is 15.7. The van der Waals surface area contributed by atoms with Gasteiger partial charge in [0.05, 0.1) is 45.6 Å². The number of hydrogen-bond donors (Lipinski definition) is 1. The second kappa shape index (κ2) is 34.4. The van der Waals surface area contributed by atoms with E-state index >= 15 is 9.36 Å². The van der Waals surface area contributed by atoms with Gasteiger partial charge in [-0.3, -0.25) is 18.7 Å². The Balaban J connectivity index is 1.25. The molecule has 0 aliphatic heterocycles. The van der Waals surface area contributed by atoms with E-state index in [0.717, 1.165) is 65.5 Å². The summed E-state index contributed by atoms with van der Waals surface area (Å²) in [6, 6.07) is 64.4. The highest BCUT2D eigenvalue weighted by molar-refractivity contribution is 7.52. The summed E-state index contributed by atoms with van der Waals surface area (Å²) in [7, 11) is -4.81. The van der Waals surface area contributed by atoms with Gasteiger partial charge >= 0.3 is 19.5 Å². The van der Waals surface area contributed by atoms with Crippen LogP contribution in [0.25, 0.3) is 0 Å². The summed E-state index contributed by atoms with van der Waals surface area (Å²) in [4.78, 5) is 42.1. The Hall–Kier alpha value is -6.77. The van der Waals surface area contributed by atoms with Crippen molar-refractivity contribution in [1.82, 2.24) is 0 Å². The van der Waals surface area contributed by atoms with Gasteiger partial charge in [0.25, 0.3) is 5.79 Å². The molecule has 1 aliphatic rings. The van der Waals surface area contributed by atoms with Crippen molar-refractivity contribution in [2.75, 3.05) is 6.16 Å². The number of benzene rings is 7. The molecule has 0 radical (unpaired) electrons. The van der Waals surface area contributed by atoms with Gasteiger partial charge < -0.3 is 42.8 Å². The van der Waals surface area contributed by atoms with Gasteiger partial charge in [-0.25, -0.2) is 0 Å². The van der Waals surface area contributed by atoms with Crippen LogP contribution in [-0.4, -0.2) is 65.4 Å². The Labute approximate surface area is 502 Å². The standard InChI is InChI=1S/C71H83O13P/c1-3-5-7-8-9-10-29-42-64(72)82-63(48-55-43-45-62(46-44-55)81-61-40-27-16-28-41-61)49-65(73)83-71(84-85(74,75)47-6-4-2)69(79-53-59-36-23-14-24-37-59)67(77-51-57-32-19-12-20-33-57)66(76-50-56-30-17-11-18-31-56)68(78-52-58-34-21-13-22-35-58)70(71)80-54-60-38-25-15-26-39-60/h11-28,30-41,43-46,63,66-70H,3-10,29,42,47-54H2,1-2H3,(H,74,75)/t63?,66?,67-,68+,69-,70-,71?/m0/s1. The van der Waals surface area contributed by atoms with E-state index in [1.54, 1.807) is 0 Å². The number of para-hydroxylation sites is 1. The van der Waals surface area contributed by atoms with E-state index < -0.39 is 68.4 Å². The third kappa shape index (κ3) is 20.7. The van der Waals surface area contributed by atoms with Gasteiger partial charge in [-0.05, 0) is 70.5 Å². The molecule has 0 saturated heterocycles. The smallest absolute Gasteiger partial charge is 0.331 e. The van der Waals surface area contributed by atoms with Gasteiger partial charge in [-0.15, -0.1) is 0 Å². The predicted molar refractivity (Wildman–Crippen MR) is 328 cm³/mol. The van der Waals surface area contributed by atoms with Crippen LogP contribution in [0, 0.1) is 0 Å². The lowest BCUT2D eigenvalue weighted by Gasteiger charge is -2.55. The topological polar surface area (TPSA) is 155 Å². The Bertz CT molecular complexity index is 2930. The maximum Gasteiger partial charge on any atom is 0.331 e.